The number of benzene rings is 1. The van der Waals surface area contributed by atoms with Crippen molar-refractivity contribution in [3.8, 4) is 6.07 Å². The molecule has 82 valence electrons. The highest BCUT2D eigenvalue weighted by molar-refractivity contribution is 8.13. The van der Waals surface area contributed by atoms with E-state index in [-0.39, 0.29) is 6.54 Å². The minimum absolute atomic E-state index is 0.277. The lowest BCUT2D eigenvalue weighted by atomic mass is 10.2. The van der Waals surface area contributed by atoms with Crippen LogP contribution in [0, 0.1) is 21.4 Å². The fourth-order valence-corrected chi connectivity index (χ4v) is 1.44. The van der Waals surface area contributed by atoms with Gasteiger partial charge in [-0.15, -0.1) is 11.8 Å². The summed E-state index contributed by atoms with van der Waals surface area (Å²) in [6, 6.07) is 8.57. The molecule has 0 atom stereocenters. The van der Waals surface area contributed by atoms with Crippen LogP contribution in [0.3, 0.4) is 0 Å². The number of hydrogen-bond donors (Lipinski definition) is 0. The molecule has 0 spiro atoms. The van der Waals surface area contributed by atoms with Crippen LogP contribution in [-0.2, 0) is 0 Å². The zero-order valence-corrected chi connectivity index (χ0v) is 9.40. The molecule has 5 nitrogen and oxygen atoms in total. The Bertz CT molecular complexity index is 448. The van der Waals surface area contributed by atoms with Gasteiger partial charge in [0, 0.05) is 4.92 Å². The number of nitrogens with zero attached hydrogens (tertiary/aromatic N) is 3. The third-order valence-electron chi connectivity index (χ3n) is 1.75. The molecule has 0 amide bonds. The minimum atomic E-state index is -0.418. The molecule has 0 saturated heterocycles. The maximum Gasteiger partial charge on any atom is 0.251 e. The molecule has 0 heterocycles. The highest BCUT2D eigenvalue weighted by atomic mass is 32.2. The molecule has 0 aromatic heterocycles. The summed E-state index contributed by atoms with van der Waals surface area (Å²) >= 11 is 1.25. The average molecular weight is 235 g/mol. The first kappa shape index (κ1) is 12.2. The summed E-state index contributed by atoms with van der Waals surface area (Å²) in [5, 5.41) is 19.4. The summed E-state index contributed by atoms with van der Waals surface area (Å²) in [6.45, 7) is -0.277. The van der Waals surface area contributed by atoms with E-state index in [0.29, 0.717) is 16.3 Å². The van der Waals surface area contributed by atoms with Crippen LogP contribution < -0.4 is 0 Å². The molecular formula is C10H9N3O2S. The summed E-state index contributed by atoms with van der Waals surface area (Å²) in [5.74, 6) is 0. The molecular weight excluding hydrogens is 226 g/mol. The van der Waals surface area contributed by atoms with Gasteiger partial charge in [-0.2, -0.15) is 5.26 Å². The number of nitriles is 1. The van der Waals surface area contributed by atoms with Gasteiger partial charge in [0.25, 0.3) is 6.54 Å². The molecule has 0 aliphatic carbocycles. The van der Waals surface area contributed by atoms with Crippen molar-refractivity contribution in [3.05, 3.63) is 39.9 Å². The normalized spacial score (nSPS) is 10.9. The zero-order chi connectivity index (χ0) is 12.0. The summed E-state index contributed by atoms with van der Waals surface area (Å²) < 4.78 is 0. The monoisotopic (exact) mass is 235 g/mol. The Morgan fingerprint density at radius 1 is 1.56 bits per heavy atom. The minimum Gasteiger partial charge on any atom is -0.264 e. The maximum absolute atomic E-state index is 10.3. The van der Waals surface area contributed by atoms with Crippen LogP contribution in [0.4, 0.5) is 5.69 Å². The smallest absolute Gasteiger partial charge is 0.251 e. The second kappa shape index (κ2) is 5.88. The Kier molecular flexibility index (Phi) is 4.48. The van der Waals surface area contributed by atoms with Gasteiger partial charge >= 0.3 is 0 Å². The topological polar surface area (TPSA) is 79.3 Å². The zero-order valence-electron chi connectivity index (χ0n) is 8.58. The van der Waals surface area contributed by atoms with Crippen molar-refractivity contribution in [2.24, 2.45) is 4.99 Å². The van der Waals surface area contributed by atoms with Gasteiger partial charge in [-0.25, -0.2) is 4.99 Å². The van der Waals surface area contributed by atoms with Gasteiger partial charge in [0.05, 0.1) is 17.3 Å². The SMILES string of the molecule is CSC(C[N+](=O)[O-])=Nc1ccc(C#N)cc1. The summed E-state index contributed by atoms with van der Waals surface area (Å²) in [7, 11) is 0. The number of thioether (sulfide) groups is 1. The van der Waals surface area contributed by atoms with Crippen LogP contribution >= 0.6 is 11.8 Å². The second-order valence-electron chi connectivity index (χ2n) is 2.86. The van der Waals surface area contributed by atoms with Crippen molar-refractivity contribution in [2.75, 3.05) is 12.8 Å². The van der Waals surface area contributed by atoms with Gasteiger partial charge in [0.2, 0.25) is 0 Å². The number of aliphatic imine (C=N–C) groups is 1. The van der Waals surface area contributed by atoms with E-state index in [9.17, 15) is 10.1 Å². The Labute approximate surface area is 97.0 Å². The van der Waals surface area contributed by atoms with E-state index < -0.39 is 4.92 Å². The molecule has 0 aliphatic rings. The van der Waals surface area contributed by atoms with E-state index in [2.05, 4.69) is 4.99 Å². The standard InChI is InChI=1S/C10H9N3O2S/c1-16-10(7-13(14)15)12-9-4-2-8(6-11)3-5-9/h2-5H,7H2,1H3. The lowest BCUT2D eigenvalue weighted by molar-refractivity contribution is -0.462. The summed E-state index contributed by atoms with van der Waals surface area (Å²) in [4.78, 5) is 14.0. The predicted octanol–water partition coefficient (Wildman–Crippen LogP) is 2.23. The molecule has 0 bridgehead atoms. The number of nitro groups is 1. The van der Waals surface area contributed by atoms with Crippen molar-refractivity contribution < 1.29 is 4.92 Å². The fraction of sp³-hybridized carbons (Fsp3) is 0.200. The summed E-state index contributed by atoms with van der Waals surface area (Å²) in [5.41, 5.74) is 1.16. The molecule has 0 radical (unpaired) electrons. The number of rotatable bonds is 3. The predicted molar refractivity (Wildman–Crippen MR) is 63.6 cm³/mol. The van der Waals surface area contributed by atoms with E-state index in [0.717, 1.165) is 0 Å². The molecule has 0 unspecified atom stereocenters. The Morgan fingerprint density at radius 2 is 2.19 bits per heavy atom. The van der Waals surface area contributed by atoms with Crippen LogP contribution in [-0.4, -0.2) is 22.8 Å². The summed E-state index contributed by atoms with van der Waals surface area (Å²) in [6.07, 6.45) is 1.74. The van der Waals surface area contributed by atoms with Gasteiger partial charge in [-0.05, 0) is 30.5 Å². The largest absolute Gasteiger partial charge is 0.264 e. The van der Waals surface area contributed by atoms with Crippen LogP contribution in [0.5, 0.6) is 0 Å². The van der Waals surface area contributed by atoms with Crippen molar-refractivity contribution in [1.82, 2.24) is 0 Å². The Morgan fingerprint density at radius 3 is 2.62 bits per heavy atom. The first-order valence-corrected chi connectivity index (χ1v) is 5.61. The maximum atomic E-state index is 10.3. The molecule has 1 aromatic carbocycles. The van der Waals surface area contributed by atoms with Crippen LogP contribution in [0.1, 0.15) is 5.56 Å². The highest BCUT2D eigenvalue weighted by Crippen LogP contribution is 2.15. The molecule has 0 saturated carbocycles. The number of hydrogen-bond acceptors (Lipinski definition) is 5. The van der Waals surface area contributed by atoms with Gasteiger partial charge in [-0.1, -0.05) is 0 Å². The highest BCUT2D eigenvalue weighted by Gasteiger charge is 2.05. The Balaban J connectivity index is 2.87. The van der Waals surface area contributed by atoms with E-state index in [4.69, 9.17) is 5.26 Å². The first-order valence-electron chi connectivity index (χ1n) is 4.39. The van der Waals surface area contributed by atoms with Gasteiger partial charge < -0.3 is 0 Å². The van der Waals surface area contributed by atoms with Crippen molar-refractivity contribution >= 4 is 22.5 Å². The van der Waals surface area contributed by atoms with E-state index >= 15 is 0 Å². The molecule has 16 heavy (non-hydrogen) atoms. The molecule has 0 fully saturated rings. The van der Waals surface area contributed by atoms with Crippen LogP contribution in [0.2, 0.25) is 0 Å². The first-order chi connectivity index (χ1) is 7.65. The van der Waals surface area contributed by atoms with E-state index in [1.165, 1.54) is 11.8 Å². The van der Waals surface area contributed by atoms with Crippen LogP contribution in [0.15, 0.2) is 29.3 Å². The second-order valence-corrected chi connectivity index (χ2v) is 3.74. The molecule has 6 heteroatoms. The molecule has 1 aromatic rings. The molecule has 0 N–H and O–H groups in total. The third-order valence-corrected chi connectivity index (χ3v) is 2.44. The van der Waals surface area contributed by atoms with Gasteiger partial charge in [0.1, 0.15) is 5.04 Å². The fourth-order valence-electron chi connectivity index (χ4n) is 1.01. The molecule has 1 rings (SSSR count). The average Bonchev–Trinajstić information content (AvgIpc) is 2.28. The molecule has 0 aliphatic heterocycles. The lowest BCUT2D eigenvalue weighted by Crippen LogP contribution is -2.09. The Hall–Kier alpha value is -1.87. The van der Waals surface area contributed by atoms with E-state index in [1.54, 1.807) is 30.5 Å². The quantitative estimate of drug-likeness (QED) is 0.348. The van der Waals surface area contributed by atoms with Gasteiger partial charge in [-0.3, -0.25) is 10.1 Å². The third kappa shape index (κ3) is 3.71. The van der Waals surface area contributed by atoms with Crippen molar-refractivity contribution in [3.63, 3.8) is 0 Å². The lowest BCUT2D eigenvalue weighted by Gasteiger charge is -1.98. The van der Waals surface area contributed by atoms with Gasteiger partial charge in [0.15, 0.2) is 0 Å². The van der Waals surface area contributed by atoms with Crippen LogP contribution in [0.25, 0.3) is 0 Å². The van der Waals surface area contributed by atoms with Crippen molar-refractivity contribution in [1.29, 1.82) is 5.26 Å². The van der Waals surface area contributed by atoms with Crippen molar-refractivity contribution in [2.45, 2.75) is 0 Å². The van der Waals surface area contributed by atoms with E-state index in [1.807, 2.05) is 6.07 Å².